The third-order valence-corrected chi connectivity index (χ3v) is 2.47. The van der Waals surface area contributed by atoms with Gasteiger partial charge in [-0.1, -0.05) is 0 Å². The van der Waals surface area contributed by atoms with Crippen LogP contribution in [0.15, 0.2) is 0 Å². The van der Waals surface area contributed by atoms with E-state index in [1.54, 1.807) is 6.92 Å². The molecule has 1 amide bonds. The molecule has 0 aliphatic heterocycles. The molecule has 0 atom stereocenters. The second-order valence-electron chi connectivity index (χ2n) is 4.02. The van der Waals surface area contributed by atoms with Crippen LogP contribution in [0.4, 0.5) is 17.5 Å². The quantitative estimate of drug-likeness (QED) is 0.362. The Hall–Kier alpha value is -2.49. The third kappa shape index (κ3) is 3.51. The highest BCUT2D eigenvalue weighted by Crippen LogP contribution is 2.28. The molecule has 4 N–H and O–H groups in total. The highest BCUT2D eigenvalue weighted by molar-refractivity contribution is 5.81. The van der Waals surface area contributed by atoms with Gasteiger partial charge in [-0.05, 0) is 13.8 Å². The number of rotatable bonds is 6. The number of nitro groups is 1. The SMILES string of the molecule is CCNC(=O)CN(C)c1nc(NN)nc(C)c1[N+](=O)[O-]. The van der Waals surface area contributed by atoms with Crippen LogP contribution >= 0.6 is 0 Å². The number of amides is 1. The van der Waals surface area contributed by atoms with Gasteiger partial charge in [-0.15, -0.1) is 0 Å². The molecule has 0 radical (unpaired) electrons. The van der Waals surface area contributed by atoms with Crippen molar-refractivity contribution in [2.45, 2.75) is 13.8 Å². The minimum absolute atomic E-state index is 0.0294. The zero-order valence-corrected chi connectivity index (χ0v) is 11.5. The van der Waals surface area contributed by atoms with Gasteiger partial charge in [-0.25, -0.2) is 10.8 Å². The maximum absolute atomic E-state index is 11.5. The number of anilines is 2. The molecule has 0 saturated heterocycles. The smallest absolute Gasteiger partial charge is 0.332 e. The summed E-state index contributed by atoms with van der Waals surface area (Å²) in [5.41, 5.74) is 2.14. The highest BCUT2D eigenvalue weighted by Gasteiger charge is 2.25. The molecule has 0 spiro atoms. The van der Waals surface area contributed by atoms with E-state index in [2.05, 4.69) is 20.7 Å². The minimum Gasteiger partial charge on any atom is -0.355 e. The molecule has 20 heavy (non-hydrogen) atoms. The van der Waals surface area contributed by atoms with Crippen molar-refractivity contribution in [2.75, 3.05) is 30.5 Å². The van der Waals surface area contributed by atoms with Gasteiger partial charge in [0.15, 0.2) is 0 Å². The summed E-state index contributed by atoms with van der Waals surface area (Å²) in [6, 6.07) is 0. The molecule has 1 rings (SSSR count). The van der Waals surface area contributed by atoms with E-state index in [4.69, 9.17) is 5.84 Å². The van der Waals surface area contributed by atoms with Crippen LogP contribution in [0.25, 0.3) is 0 Å². The van der Waals surface area contributed by atoms with Gasteiger partial charge in [0, 0.05) is 13.6 Å². The van der Waals surface area contributed by atoms with E-state index in [9.17, 15) is 14.9 Å². The molecule has 0 aliphatic carbocycles. The summed E-state index contributed by atoms with van der Waals surface area (Å²) >= 11 is 0. The summed E-state index contributed by atoms with van der Waals surface area (Å²) in [5, 5.41) is 13.7. The van der Waals surface area contributed by atoms with Crippen LogP contribution in [0, 0.1) is 17.0 Å². The lowest BCUT2D eigenvalue weighted by atomic mass is 10.3. The summed E-state index contributed by atoms with van der Waals surface area (Å²) in [6.07, 6.45) is 0. The van der Waals surface area contributed by atoms with Crippen LogP contribution < -0.4 is 21.5 Å². The van der Waals surface area contributed by atoms with Crippen molar-refractivity contribution in [1.82, 2.24) is 15.3 Å². The summed E-state index contributed by atoms with van der Waals surface area (Å²) < 4.78 is 0. The first kappa shape index (κ1) is 15.6. The van der Waals surface area contributed by atoms with Crippen molar-refractivity contribution in [3.05, 3.63) is 15.8 Å². The lowest BCUT2D eigenvalue weighted by Gasteiger charge is -2.18. The molecule has 110 valence electrons. The molecule has 0 bridgehead atoms. The minimum atomic E-state index is -0.584. The average Bonchev–Trinajstić information content (AvgIpc) is 2.37. The van der Waals surface area contributed by atoms with Crippen LogP contribution in [0.3, 0.4) is 0 Å². The highest BCUT2D eigenvalue weighted by atomic mass is 16.6. The van der Waals surface area contributed by atoms with Gasteiger partial charge in [-0.3, -0.25) is 20.3 Å². The number of carbonyl (C=O) groups is 1. The Morgan fingerprint density at radius 2 is 2.15 bits per heavy atom. The number of nitrogens with two attached hydrogens (primary N) is 1. The molecule has 0 fully saturated rings. The zero-order chi connectivity index (χ0) is 15.3. The van der Waals surface area contributed by atoms with Gasteiger partial charge in [-0.2, -0.15) is 4.98 Å². The molecule has 0 aliphatic rings. The predicted molar refractivity (Wildman–Crippen MR) is 73.2 cm³/mol. The van der Waals surface area contributed by atoms with Crippen LogP contribution in [-0.4, -0.2) is 40.9 Å². The number of carbonyl (C=O) groups excluding carboxylic acids is 1. The molecular formula is C10H17N7O3. The molecule has 1 heterocycles. The number of aromatic nitrogens is 2. The van der Waals surface area contributed by atoms with E-state index in [0.29, 0.717) is 6.54 Å². The van der Waals surface area contributed by atoms with Crippen molar-refractivity contribution in [3.8, 4) is 0 Å². The Labute approximate surface area is 115 Å². The lowest BCUT2D eigenvalue weighted by Crippen LogP contribution is -2.35. The van der Waals surface area contributed by atoms with E-state index in [1.165, 1.54) is 18.9 Å². The molecule has 1 aromatic rings. The number of nitrogens with zero attached hydrogens (tertiary/aromatic N) is 4. The molecule has 1 aromatic heterocycles. The maximum Gasteiger partial charge on any atom is 0.332 e. The average molecular weight is 283 g/mol. The van der Waals surface area contributed by atoms with E-state index >= 15 is 0 Å². The molecule has 0 saturated carbocycles. The van der Waals surface area contributed by atoms with Crippen LogP contribution in [-0.2, 0) is 4.79 Å². The first-order valence-corrected chi connectivity index (χ1v) is 5.88. The second kappa shape index (κ2) is 6.61. The number of likely N-dealkylation sites (N-methyl/N-ethyl adjacent to an activating group) is 2. The lowest BCUT2D eigenvalue weighted by molar-refractivity contribution is -0.385. The molecule has 0 unspecified atom stereocenters. The fourth-order valence-electron chi connectivity index (χ4n) is 1.64. The fourth-order valence-corrected chi connectivity index (χ4v) is 1.64. The van der Waals surface area contributed by atoms with Gasteiger partial charge < -0.3 is 10.2 Å². The van der Waals surface area contributed by atoms with Crippen molar-refractivity contribution in [1.29, 1.82) is 0 Å². The summed E-state index contributed by atoms with van der Waals surface area (Å²) in [6.45, 7) is 3.68. The first-order valence-electron chi connectivity index (χ1n) is 5.88. The number of nitrogen functional groups attached to an aromatic ring is 1. The van der Waals surface area contributed by atoms with Crippen LogP contribution in [0.1, 0.15) is 12.6 Å². The van der Waals surface area contributed by atoms with Gasteiger partial charge in [0.1, 0.15) is 5.69 Å². The van der Waals surface area contributed by atoms with Crippen molar-refractivity contribution >= 4 is 23.4 Å². The molecule has 0 aromatic carbocycles. The molecule has 10 nitrogen and oxygen atoms in total. The van der Waals surface area contributed by atoms with E-state index in [-0.39, 0.29) is 35.6 Å². The topological polar surface area (TPSA) is 139 Å². The second-order valence-corrected chi connectivity index (χ2v) is 4.02. The molecule has 10 heteroatoms. The summed E-state index contributed by atoms with van der Waals surface area (Å²) in [7, 11) is 1.53. The monoisotopic (exact) mass is 283 g/mol. The number of hydrogen-bond acceptors (Lipinski definition) is 8. The number of aryl methyl sites for hydroxylation is 1. The van der Waals surface area contributed by atoms with Crippen molar-refractivity contribution < 1.29 is 9.72 Å². The Morgan fingerprint density at radius 1 is 1.50 bits per heavy atom. The number of hydrogen-bond donors (Lipinski definition) is 3. The normalized spacial score (nSPS) is 10.0. The summed E-state index contributed by atoms with van der Waals surface area (Å²) in [5.74, 6) is 5.04. The van der Waals surface area contributed by atoms with Crippen LogP contribution in [0.5, 0.6) is 0 Å². The third-order valence-electron chi connectivity index (χ3n) is 2.47. The van der Waals surface area contributed by atoms with Gasteiger partial charge >= 0.3 is 5.69 Å². The van der Waals surface area contributed by atoms with Gasteiger partial charge in [0.25, 0.3) is 0 Å². The van der Waals surface area contributed by atoms with E-state index in [0.717, 1.165) is 0 Å². The van der Waals surface area contributed by atoms with Crippen LogP contribution in [0.2, 0.25) is 0 Å². The Kier molecular flexibility index (Phi) is 5.15. The zero-order valence-electron chi connectivity index (χ0n) is 11.5. The molecular weight excluding hydrogens is 266 g/mol. The van der Waals surface area contributed by atoms with Crippen molar-refractivity contribution in [3.63, 3.8) is 0 Å². The Bertz CT molecular complexity index is 520. The largest absolute Gasteiger partial charge is 0.355 e. The van der Waals surface area contributed by atoms with Gasteiger partial charge in [0.05, 0.1) is 11.5 Å². The summed E-state index contributed by atoms with van der Waals surface area (Å²) in [4.78, 5) is 31.2. The standard InChI is InChI=1S/C10H17N7O3/c1-4-12-7(18)5-16(3)9-8(17(19)20)6(2)13-10(14-9)15-11/h4-5,11H2,1-3H3,(H,12,18)(H,13,14,15). The van der Waals surface area contributed by atoms with E-state index < -0.39 is 4.92 Å². The Morgan fingerprint density at radius 3 is 2.65 bits per heavy atom. The predicted octanol–water partition coefficient (Wildman–Crippen LogP) is -0.449. The number of nitrogens with one attached hydrogen (secondary N) is 2. The van der Waals surface area contributed by atoms with Crippen molar-refractivity contribution in [2.24, 2.45) is 5.84 Å². The fraction of sp³-hybridized carbons (Fsp3) is 0.500. The Balaban J connectivity index is 3.16. The maximum atomic E-state index is 11.5. The number of hydrazine groups is 1. The van der Waals surface area contributed by atoms with Gasteiger partial charge in [0.2, 0.25) is 17.7 Å². The first-order chi connectivity index (χ1) is 9.40. The van der Waals surface area contributed by atoms with E-state index in [1.807, 2.05) is 0 Å².